The molecule has 5 heteroatoms. The van der Waals surface area contributed by atoms with Crippen LogP contribution in [0.2, 0.25) is 10.0 Å². The fourth-order valence-corrected chi connectivity index (χ4v) is 3.59. The fourth-order valence-electron chi connectivity index (χ4n) is 3.28. The van der Waals surface area contributed by atoms with E-state index in [4.69, 9.17) is 28.5 Å². The van der Waals surface area contributed by atoms with Crippen LogP contribution in [0.4, 0.5) is 0 Å². The van der Waals surface area contributed by atoms with E-state index in [1.165, 1.54) is 16.7 Å². The third kappa shape index (κ3) is 3.49. The van der Waals surface area contributed by atoms with E-state index in [0.29, 0.717) is 27.6 Å². The molecule has 1 unspecified atom stereocenters. The highest BCUT2D eigenvalue weighted by atomic mass is 35.5. The van der Waals surface area contributed by atoms with Crippen molar-refractivity contribution in [3.63, 3.8) is 0 Å². The Labute approximate surface area is 152 Å². The summed E-state index contributed by atoms with van der Waals surface area (Å²) in [4.78, 5) is 0. The number of rotatable bonds is 2. The quantitative estimate of drug-likeness (QED) is 0.763. The summed E-state index contributed by atoms with van der Waals surface area (Å²) in [6.45, 7) is 0. The molecule has 1 aliphatic rings. The average Bonchev–Trinajstić information content (AvgIpc) is 2.55. The Bertz CT molecular complexity index is 752. The zero-order valence-corrected chi connectivity index (χ0v) is 15.0. The zero-order chi connectivity index (χ0) is 15.7. The molecule has 0 aromatic heterocycles. The minimum atomic E-state index is 0. The number of nitriles is 1. The third-order valence-electron chi connectivity index (χ3n) is 4.41. The van der Waals surface area contributed by atoms with Crippen LogP contribution in [0.1, 0.15) is 47.1 Å². The second-order valence-corrected chi connectivity index (χ2v) is 6.41. The van der Waals surface area contributed by atoms with Crippen LogP contribution in [0.5, 0.6) is 0 Å². The molecule has 2 aromatic carbocycles. The van der Waals surface area contributed by atoms with Gasteiger partial charge in [0.1, 0.15) is 0 Å². The van der Waals surface area contributed by atoms with Gasteiger partial charge < -0.3 is 5.32 Å². The maximum atomic E-state index is 9.15. The summed E-state index contributed by atoms with van der Waals surface area (Å²) in [5, 5.41) is 13.7. The van der Waals surface area contributed by atoms with Crippen LogP contribution in [0.15, 0.2) is 36.4 Å². The largest absolute Gasteiger partial charge is 0.313 e. The number of hydrogen-bond donors (Lipinski definition) is 1. The summed E-state index contributed by atoms with van der Waals surface area (Å²) >= 11 is 12.2. The number of hydrogen-bond acceptors (Lipinski definition) is 2. The van der Waals surface area contributed by atoms with Gasteiger partial charge in [-0.1, -0.05) is 35.3 Å². The number of fused-ring (bicyclic) bond motifs is 1. The van der Waals surface area contributed by atoms with E-state index < -0.39 is 0 Å². The molecule has 0 amide bonds. The molecule has 2 nitrogen and oxygen atoms in total. The van der Waals surface area contributed by atoms with Crippen molar-refractivity contribution >= 4 is 35.6 Å². The van der Waals surface area contributed by atoms with Crippen LogP contribution >= 0.6 is 35.6 Å². The summed E-state index contributed by atoms with van der Waals surface area (Å²) in [6, 6.07) is 14.3. The van der Waals surface area contributed by atoms with E-state index in [-0.39, 0.29) is 12.4 Å². The van der Waals surface area contributed by atoms with Gasteiger partial charge in [0.15, 0.2) is 0 Å². The molecular weight excluding hydrogens is 351 g/mol. The monoisotopic (exact) mass is 366 g/mol. The summed E-state index contributed by atoms with van der Waals surface area (Å²) in [7, 11) is 1.97. The van der Waals surface area contributed by atoms with Gasteiger partial charge in [-0.15, -0.1) is 12.4 Å². The topological polar surface area (TPSA) is 35.8 Å². The first kappa shape index (κ1) is 18.1. The Hall–Kier alpha value is -1.24. The van der Waals surface area contributed by atoms with E-state index in [0.717, 1.165) is 12.8 Å². The maximum absolute atomic E-state index is 9.15. The van der Waals surface area contributed by atoms with Gasteiger partial charge in [-0.25, -0.2) is 0 Å². The lowest BCUT2D eigenvalue weighted by atomic mass is 9.76. The van der Waals surface area contributed by atoms with Crippen LogP contribution in [-0.2, 0) is 0 Å². The van der Waals surface area contributed by atoms with E-state index in [1.54, 1.807) is 0 Å². The van der Waals surface area contributed by atoms with Crippen molar-refractivity contribution in [2.45, 2.75) is 24.8 Å². The first-order valence-electron chi connectivity index (χ1n) is 7.30. The van der Waals surface area contributed by atoms with Crippen LogP contribution in [0.25, 0.3) is 0 Å². The highest BCUT2D eigenvalue weighted by Crippen LogP contribution is 2.42. The Kier molecular flexibility index (Phi) is 5.95. The second kappa shape index (κ2) is 7.55. The van der Waals surface area contributed by atoms with Gasteiger partial charge in [0, 0.05) is 12.0 Å². The zero-order valence-electron chi connectivity index (χ0n) is 12.6. The van der Waals surface area contributed by atoms with E-state index >= 15 is 0 Å². The minimum Gasteiger partial charge on any atom is -0.313 e. The van der Waals surface area contributed by atoms with Crippen molar-refractivity contribution in [2.75, 3.05) is 7.05 Å². The Morgan fingerprint density at radius 2 is 1.83 bits per heavy atom. The molecule has 1 aliphatic carbocycles. The van der Waals surface area contributed by atoms with Crippen LogP contribution in [-0.4, -0.2) is 7.05 Å². The minimum absolute atomic E-state index is 0. The second-order valence-electron chi connectivity index (χ2n) is 5.60. The lowest BCUT2D eigenvalue weighted by Crippen LogP contribution is -2.24. The van der Waals surface area contributed by atoms with Crippen molar-refractivity contribution < 1.29 is 0 Å². The van der Waals surface area contributed by atoms with Crippen molar-refractivity contribution in [2.24, 2.45) is 0 Å². The van der Waals surface area contributed by atoms with Crippen LogP contribution in [0.3, 0.4) is 0 Å². The summed E-state index contributed by atoms with van der Waals surface area (Å²) in [6.07, 6.45) is 2.08. The standard InChI is InChI=1S/C18H16Cl2N2.ClH/c1-22-18-7-5-13(12-3-6-16(19)17(20)9-12)14-4-2-11(10-21)8-15(14)18;/h2-4,6,8-9,13,18,22H,5,7H2,1H3;1H/t13?,18-;/m0./s1. The summed E-state index contributed by atoms with van der Waals surface area (Å²) in [5.74, 6) is 0.294. The van der Waals surface area contributed by atoms with E-state index in [9.17, 15) is 0 Å². The molecule has 3 rings (SSSR count). The van der Waals surface area contributed by atoms with Crippen molar-refractivity contribution in [3.05, 3.63) is 68.7 Å². The van der Waals surface area contributed by atoms with Crippen molar-refractivity contribution in [1.82, 2.24) is 5.32 Å². The van der Waals surface area contributed by atoms with Crippen molar-refractivity contribution in [1.29, 1.82) is 5.26 Å². The molecule has 120 valence electrons. The SMILES string of the molecule is CN[C@H]1CCC(c2ccc(Cl)c(Cl)c2)c2ccc(C#N)cc21.Cl. The maximum Gasteiger partial charge on any atom is 0.0991 e. The van der Waals surface area contributed by atoms with Gasteiger partial charge in [-0.05, 0) is 60.8 Å². The Morgan fingerprint density at radius 3 is 2.48 bits per heavy atom. The predicted molar refractivity (Wildman–Crippen MR) is 97.7 cm³/mol. The van der Waals surface area contributed by atoms with Crippen LogP contribution < -0.4 is 5.32 Å². The van der Waals surface area contributed by atoms with E-state index in [1.807, 2.05) is 37.4 Å². The predicted octanol–water partition coefficient (Wildman–Crippen LogP) is 5.47. The molecule has 0 heterocycles. The lowest BCUT2D eigenvalue weighted by Gasteiger charge is -2.32. The van der Waals surface area contributed by atoms with Gasteiger partial charge in [-0.2, -0.15) is 5.26 Å². The molecule has 23 heavy (non-hydrogen) atoms. The van der Waals surface area contributed by atoms with Crippen molar-refractivity contribution in [3.8, 4) is 6.07 Å². The van der Waals surface area contributed by atoms with Gasteiger partial charge in [0.05, 0.1) is 21.7 Å². The molecule has 2 aromatic rings. The molecule has 0 saturated heterocycles. The lowest BCUT2D eigenvalue weighted by molar-refractivity contribution is 0.470. The molecule has 0 spiro atoms. The summed E-state index contributed by atoms with van der Waals surface area (Å²) in [5.41, 5.74) is 4.36. The Morgan fingerprint density at radius 1 is 1.04 bits per heavy atom. The fraction of sp³-hybridized carbons (Fsp3) is 0.278. The van der Waals surface area contributed by atoms with Gasteiger partial charge in [0.25, 0.3) is 0 Å². The van der Waals surface area contributed by atoms with Gasteiger partial charge >= 0.3 is 0 Å². The first-order chi connectivity index (χ1) is 10.6. The third-order valence-corrected chi connectivity index (χ3v) is 5.14. The molecule has 0 bridgehead atoms. The smallest absolute Gasteiger partial charge is 0.0991 e. The Balaban J connectivity index is 0.00000192. The molecule has 0 fully saturated rings. The van der Waals surface area contributed by atoms with E-state index in [2.05, 4.69) is 17.5 Å². The average molecular weight is 368 g/mol. The molecule has 1 N–H and O–H groups in total. The molecular formula is C18H17Cl3N2. The molecule has 0 saturated carbocycles. The first-order valence-corrected chi connectivity index (χ1v) is 8.05. The summed E-state index contributed by atoms with van der Waals surface area (Å²) < 4.78 is 0. The van der Waals surface area contributed by atoms with Gasteiger partial charge in [0.2, 0.25) is 0 Å². The number of halogens is 3. The number of nitrogens with one attached hydrogen (secondary N) is 1. The van der Waals surface area contributed by atoms with Crippen LogP contribution in [0, 0.1) is 11.3 Å². The number of benzene rings is 2. The molecule has 0 radical (unpaired) electrons. The highest BCUT2D eigenvalue weighted by Gasteiger charge is 2.28. The molecule has 2 atom stereocenters. The highest BCUT2D eigenvalue weighted by molar-refractivity contribution is 6.42. The number of nitrogens with zero attached hydrogens (tertiary/aromatic N) is 1. The molecule has 0 aliphatic heterocycles. The normalized spacial score (nSPS) is 19.4. The van der Waals surface area contributed by atoms with Gasteiger partial charge in [-0.3, -0.25) is 0 Å².